The number of hydrogen-bond donors (Lipinski definition) is 1. The molecule has 0 radical (unpaired) electrons. The topological polar surface area (TPSA) is 64.7 Å². The van der Waals surface area contributed by atoms with Crippen molar-refractivity contribution in [2.75, 3.05) is 5.73 Å². The summed E-state index contributed by atoms with van der Waals surface area (Å²) in [6.45, 7) is 2.21. The van der Waals surface area contributed by atoms with Crippen molar-refractivity contribution in [3.63, 3.8) is 0 Å². The van der Waals surface area contributed by atoms with Crippen LogP contribution in [0.15, 0.2) is 0 Å². The van der Waals surface area contributed by atoms with E-state index in [4.69, 9.17) is 5.73 Å². The molecule has 0 aliphatic heterocycles. The van der Waals surface area contributed by atoms with Gasteiger partial charge in [-0.3, -0.25) is 0 Å². The predicted octanol–water partition coefficient (Wildman–Crippen LogP) is 2.55. The van der Waals surface area contributed by atoms with Crippen molar-refractivity contribution in [3.8, 4) is 0 Å². The number of nitrogen functional groups attached to an aromatic ring is 1. The van der Waals surface area contributed by atoms with E-state index in [1.807, 2.05) is 0 Å². The van der Waals surface area contributed by atoms with Gasteiger partial charge in [-0.25, -0.2) is 4.98 Å². The Morgan fingerprint density at radius 3 is 2.41 bits per heavy atom. The molecule has 1 aromatic heterocycles. The largest absolute Gasteiger partial charge is 0.368 e. The smallest absolute Gasteiger partial charge is 0.223 e. The van der Waals surface area contributed by atoms with Gasteiger partial charge in [0.1, 0.15) is 11.6 Å². The summed E-state index contributed by atoms with van der Waals surface area (Å²) < 4.78 is 0. The highest BCUT2D eigenvalue weighted by molar-refractivity contribution is 5.24. The standard InChI is InChI=1S/C13H20N4/c1-13(7-8-13)11-15-10(16-12(14)17-11)9-5-3-2-4-6-9/h9H,2-8H2,1H3,(H2,14,15,16,17). The van der Waals surface area contributed by atoms with Crippen LogP contribution in [0.25, 0.3) is 0 Å². The second-order valence-corrected chi connectivity index (χ2v) is 5.77. The van der Waals surface area contributed by atoms with Crippen molar-refractivity contribution >= 4 is 5.95 Å². The Bertz CT molecular complexity index is 419. The van der Waals surface area contributed by atoms with Gasteiger partial charge in [0.25, 0.3) is 0 Å². The molecule has 0 atom stereocenters. The minimum Gasteiger partial charge on any atom is -0.368 e. The molecule has 0 saturated heterocycles. The summed E-state index contributed by atoms with van der Waals surface area (Å²) in [7, 11) is 0. The maximum atomic E-state index is 5.83. The Labute approximate surface area is 102 Å². The van der Waals surface area contributed by atoms with Crippen LogP contribution in [0.5, 0.6) is 0 Å². The maximum Gasteiger partial charge on any atom is 0.223 e. The molecular weight excluding hydrogens is 212 g/mol. The molecule has 92 valence electrons. The average Bonchev–Trinajstić information content (AvgIpc) is 3.09. The summed E-state index contributed by atoms with van der Waals surface area (Å²) in [4.78, 5) is 13.4. The molecule has 4 heteroatoms. The van der Waals surface area contributed by atoms with Crippen LogP contribution in [0.4, 0.5) is 5.95 Å². The van der Waals surface area contributed by atoms with Crippen LogP contribution in [-0.2, 0) is 5.41 Å². The molecule has 0 amide bonds. The van der Waals surface area contributed by atoms with Gasteiger partial charge in [-0.15, -0.1) is 0 Å². The van der Waals surface area contributed by atoms with Gasteiger partial charge < -0.3 is 5.73 Å². The quantitative estimate of drug-likeness (QED) is 0.851. The van der Waals surface area contributed by atoms with Crippen LogP contribution in [0, 0.1) is 0 Å². The number of nitrogens with two attached hydrogens (primary N) is 1. The number of nitrogens with zero attached hydrogens (tertiary/aromatic N) is 3. The molecular formula is C13H20N4. The van der Waals surface area contributed by atoms with Crippen LogP contribution in [0.1, 0.15) is 69.4 Å². The zero-order valence-electron chi connectivity index (χ0n) is 10.4. The maximum absolute atomic E-state index is 5.83. The molecule has 1 aromatic rings. The van der Waals surface area contributed by atoms with Crippen LogP contribution in [0.2, 0.25) is 0 Å². The molecule has 0 bridgehead atoms. The van der Waals surface area contributed by atoms with E-state index in [9.17, 15) is 0 Å². The second-order valence-electron chi connectivity index (χ2n) is 5.77. The summed E-state index contributed by atoms with van der Waals surface area (Å²) in [5, 5.41) is 0. The molecule has 1 heterocycles. The van der Waals surface area contributed by atoms with Gasteiger partial charge >= 0.3 is 0 Å². The van der Waals surface area contributed by atoms with E-state index in [1.165, 1.54) is 44.9 Å². The Kier molecular flexibility index (Phi) is 2.53. The van der Waals surface area contributed by atoms with Crippen LogP contribution < -0.4 is 5.73 Å². The van der Waals surface area contributed by atoms with Gasteiger partial charge in [0.05, 0.1) is 0 Å². The summed E-state index contributed by atoms with van der Waals surface area (Å²) in [6.07, 6.45) is 8.72. The molecule has 3 rings (SSSR count). The third kappa shape index (κ3) is 2.13. The fourth-order valence-electron chi connectivity index (χ4n) is 2.63. The molecule has 0 aromatic carbocycles. The first kappa shape index (κ1) is 10.9. The first-order chi connectivity index (χ1) is 8.17. The second kappa shape index (κ2) is 3.93. The van der Waals surface area contributed by atoms with E-state index < -0.39 is 0 Å². The van der Waals surface area contributed by atoms with Gasteiger partial charge in [0.15, 0.2) is 0 Å². The van der Waals surface area contributed by atoms with Crippen molar-refractivity contribution in [1.82, 2.24) is 15.0 Å². The third-order valence-electron chi connectivity index (χ3n) is 4.18. The van der Waals surface area contributed by atoms with Crippen LogP contribution >= 0.6 is 0 Å². The lowest BCUT2D eigenvalue weighted by Gasteiger charge is -2.21. The summed E-state index contributed by atoms with van der Waals surface area (Å²) in [5.74, 6) is 2.78. The Balaban J connectivity index is 1.90. The van der Waals surface area contributed by atoms with Crippen molar-refractivity contribution < 1.29 is 0 Å². The number of anilines is 1. The fourth-order valence-corrected chi connectivity index (χ4v) is 2.63. The molecule has 17 heavy (non-hydrogen) atoms. The Morgan fingerprint density at radius 1 is 1.06 bits per heavy atom. The molecule has 0 unspecified atom stereocenters. The molecule has 4 nitrogen and oxygen atoms in total. The van der Waals surface area contributed by atoms with Gasteiger partial charge in [-0.1, -0.05) is 26.2 Å². The molecule has 2 saturated carbocycles. The SMILES string of the molecule is CC1(c2nc(N)nc(C3CCCCC3)n2)CC1. The average molecular weight is 232 g/mol. The van der Waals surface area contributed by atoms with Crippen molar-refractivity contribution in [3.05, 3.63) is 11.6 Å². The van der Waals surface area contributed by atoms with E-state index in [2.05, 4.69) is 21.9 Å². The lowest BCUT2D eigenvalue weighted by atomic mass is 9.88. The lowest BCUT2D eigenvalue weighted by Crippen LogP contribution is -2.16. The first-order valence-corrected chi connectivity index (χ1v) is 6.69. The van der Waals surface area contributed by atoms with E-state index in [0.29, 0.717) is 11.9 Å². The first-order valence-electron chi connectivity index (χ1n) is 6.69. The monoisotopic (exact) mass is 232 g/mol. The third-order valence-corrected chi connectivity index (χ3v) is 4.18. The zero-order valence-corrected chi connectivity index (χ0v) is 10.4. The molecule has 0 spiro atoms. The summed E-state index contributed by atoms with van der Waals surface area (Å²) in [6, 6.07) is 0. The predicted molar refractivity (Wildman–Crippen MR) is 66.7 cm³/mol. The highest BCUT2D eigenvalue weighted by atomic mass is 15.1. The fraction of sp³-hybridized carbons (Fsp3) is 0.769. The minimum absolute atomic E-state index is 0.181. The zero-order chi connectivity index (χ0) is 11.9. The normalized spacial score (nSPS) is 23.6. The van der Waals surface area contributed by atoms with E-state index in [0.717, 1.165) is 11.6 Å². The van der Waals surface area contributed by atoms with Crippen molar-refractivity contribution in [2.45, 2.75) is 63.2 Å². The van der Waals surface area contributed by atoms with Gasteiger partial charge in [0.2, 0.25) is 5.95 Å². The highest BCUT2D eigenvalue weighted by Gasteiger charge is 2.42. The molecule has 2 fully saturated rings. The van der Waals surface area contributed by atoms with E-state index >= 15 is 0 Å². The minimum atomic E-state index is 0.181. The summed E-state index contributed by atoms with van der Waals surface area (Å²) >= 11 is 0. The van der Waals surface area contributed by atoms with Gasteiger partial charge in [-0.2, -0.15) is 9.97 Å². The summed E-state index contributed by atoms with van der Waals surface area (Å²) in [5.41, 5.74) is 6.01. The molecule has 2 aliphatic carbocycles. The lowest BCUT2D eigenvalue weighted by molar-refractivity contribution is 0.425. The highest BCUT2D eigenvalue weighted by Crippen LogP contribution is 2.46. The van der Waals surface area contributed by atoms with Crippen LogP contribution in [0.3, 0.4) is 0 Å². The van der Waals surface area contributed by atoms with Crippen molar-refractivity contribution in [2.24, 2.45) is 0 Å². The Hall–Kier alpha value is -1.19. The van der Waals surface area contributed by atoms with Gasteiger partial charge in [0, 0.05) is 11.3 Å². The molecule has 2 N–H and O–H groups in total. The van der Waals surface area contributed by atoms with Crippen LogP contribution in [-0.4, -0.2) is 15.0 Å². The number of rotatable bonds is 2. The Morgan fingerprint density at radius 2 is 1.76 bits per heavy atom. The van der Waals surface area contributed by atoms with Crippen molar-refractivity contribution in [1.29, 1.82) is 0 Å². The number of hydrogen-bond acceptors (Lipinski definition) is 4. The van der Waals surface area contributed by atoms with Gasteiger partial charge in [-0.05, 0) is 25.7 Å². The van der Waals surface area contributed by atoms with E-state index in [-0.39, 0.29) is 5.41 Å². The van der Waals surface area contributed by atoms with E-state index in [1.54, 1.807) is 0 Å². The number of aromatic nitrogens is 3. The molecule has 2 aliphatic rings.